The van der Waals surface area contributed by atoms with E-state index in [9.17, 15) is 14.4 Å². The number of carbonyl (C=O) groups is 3. The van der Waals surface area contributed by atoms with Crippen molar-refractivity contribution in [3.05, 3.63) is 65.7 Å². The van der Waals surface area contributed by atoms with Crippen LogP contribution in [0.5, 0.6) is 0 Å². The molecule has 0 saturated carbocycles. The van der Waals surface area contributed by atoms with Gasteiger partial charge in [-0.05, 0) is 31.5 Å². The maximum absolute atomic E-state index is 12.5. The van der Waals surface area contributed by atoms with E-state index in [0.29, 0.717) is 12.2 Å². The highest BCUT2D eigenvalue weighted by molar-refractivity contribution is 6.01. The van der Waals surface area contributed by atoms with Crippen LogP contribution in [0.3, 0.4) is 0 Å². The smallest absolute Gasteiger partial charge is 0.340 e. The third-order valence-electron chi connectivity index (χ3n) is 4.91. The zero-order valence-corrected chi connectivity index (χ0v) is 16.6. The number of anilines is 1. The summed E-state index contributed by atoms with van der Waals surface area (Å²) in [6.45, 7) is 4.38. The minimum atomic E-state index is -0.498. The average molecular weight is 395 g/mol. The normalized spacial score (nSPS) is 17.0. The van der Waals surface area contributed by atoms with E-state index in [-0.39, 0.29) is 36.6 Å². The molecule has 7 nitrogen and oxygen atoms in total. The molecule has 152 valence electrons. The van der Waals surface area contributed by atoms with Crippen molar-refractivity contribution >= 4 is 23.6 Å². The first-order valence-electron chi connectivity index (χ1n) is 9.67. The molecule has 1 saturated heterocycles. The Labute approximate surface area is 170 Å². The Morgan fingerprint density at radius 1 is 1.14 bits per heavy atom. The number of carbonyl (C=O) groups excluding carboxylic acids is 3. The SMILES string of the molecule is CCOC(=O)c1ccccc1NC(=O)NC1CC(=O)N(C(C)c2ccccc2)C1. The molecule has 2 aromatic rings. The number of para-hydroxylation sites is 1. The maximum atomic E-state index is 12.5. The Hall–Kier alpha value is -3.35. The zero-order chi connectivity index (χ0) is 20.8. The minimum Gasteiger partial charge on any atom is -0.462 e. The van der Waals surface area contributed by atoms with Crippen molar-refractivity contribution in [1.29, 1.82) is 0 Å². The predicted molar refractivity (Wildman–Crippen MR) is 110 cm³/mol. The van der Waals surface area contributed by atoms with Gasteiger partial charge in [0.25, 0.3) is 0 Å². The molecule has 2 N–H and O–H groups in total. The number of esters is 1. The van der Waals surface area contributed by atoms with Crippen molar-refractivity contribution < 1.29 is 19.1 Å². The van der Waals surface area contributed by atoms with Gasteiger partial charge in [0.05, 0.1) is 29.9 Å². The third kappa shape index (κ3) is 4.93. The molecule has 2 atom stereocenters. The number of nitrogens with zero attached hydrogens (tertiary/aromatic N) is 1. The summed E-state index contributed by atoms with van der Waals surface area (Å²) in [5.41, 5.74) is 1.70. The molecule has 0 aromatic heterocycles. The molecular formula is C22H25N3O4. The average Bonchev–Trinajstić information content (AvgIpc) is 3.08. The number of ether oxygens (including phenoxy) is 1. The van der Waals surface area contributed by atoms with E-state index in [4.69, 9.17) is 4.74 Å². The van der Waals surface area contributed by atoms with Crippen LogP contribution in [0.4, 0.5) is 10.5 Å². The second-order valence-corrected chi connectivity index (χ2v) is 6.90. The number of benzene rings is 2. The summed E-state index contributed by atoms with van der Waals surface area (Å²) in [4.78, 5) is 38.7. The fourth-order valence-electron chi connectivity index (χ4n) is 3.44. The van der Waals surface area contributed by atoms with Crippen molar-refractivity contribution in [2.45, 2.75) is 32.4 Å². The van der Waals surface area contributed by atoms with Gasteiger partial charge in [-0.3, -0.25) is 4.79 Å². The minimum absolute atomic E-state index is 0.00132. The van der Waals surface area contributed by atoms with Crippen molar-refractivity contribution in [2.75, 3.05) is 18.5 Å². The van der Waals surface area contributed by atoms with Gasteiger partial charge < -0.3 is 20.3 Å². The van der Waals surface area contributed by atoms with Crippen LogP contribution in [0.15, 0.2) is 54.6 Å². The molecule has 0 bridgehead atoms. The standard InChI is InChI=1S/C22H25N3O4/c1-3-29-21(27)18-11-7-8-12-19(18)24-22(28)23-17-13-20(26)25(14-17)15(2)16-9-5-4-6-10-16/h4-12,15,17H,3,13-14H2,1-2H3,(H2,23,24,28). The van der Waals surface area contributed by atoms with Crippen molar-refractivity contribution in [1.82, 2.24) is 10.2 Å². The van der Waals surface area contributed by atoms with Crippen LogP contribution in [-0.4, -0.2) is 42.0 Å². The number of hydrogen-bond donors (Lipinski definition) is 2. The number of likely N-dealkylation sites (tertiary alicyclic amines) is 1. The zero-order valence-electron chi connectivity index (χ0n) is 16.6. The van der Waals surface area contributed by atoms with Crippen LogP contribution in [0.2, 0.25) is 0 Å². The molecule has 7 heteroatoms. The lowest BCUT2D eigenvalue weighted by atomic mass is 10.1. The van der Waals surface area contributed by atoms with Crippen LogP contribution in [0.1, 0.15) is 42.2 Å². The second kappa shape index (κ2) is 9.23. The topological polar surface area (TPSA) is 87.7 Å². The highest BCUT2D eigenvalue weighted by Gasteiger charge is 2.34. The molecular weight excluding hydrogens is 370 g/mol. The van der Waals surface area contributed by atoms with Crippen molar-refractivity contribution in [2.24, 2.45) is 0 Å². The van der Waals surface area contributed by atoms with E-state index < -0.39 is 12.0 Å². The summed E-state index contributed by atoms with van der Waals surface area (Å²) in [6, 6.07) is 15.6. The van der Waals surface area contributed by atoms with Gasteiger partial charge in [-0.25, -0.2) is 9.59 Å². The van der Waals surface area contributed by atoms with Gasteiger partial charge in [-0.1, -0.05) is 42.5 Å². The number of nitrogens with one attached hydrogen (secondary N) is 2. The Kier molecular flexibility index (Phi) is 6.49. The number of rotatable bonds is 6. The predicted octanol–water partition coefficient (Wildman–Crippen LogP) is 3.35. The van der Waals surface area contributed by atoms with Crippen LogP contribution in [0.25, 0.3) is 0 Å². The van der Waals surface area contributed by atoms with E-state index >= 15 is 0 Å². The summed E-state index contributed by atoms with van der Waals surface area (Å²) >= 11 is 0. The fourth-order valence-corrected chi connectivity index (χ4v) is 3.44. The molecule has 1 fully saturated rings. The van der Waals surface area contributed by atoms with Crippen LogP contribution < -0.4 is 10.6 Å². The van der Waals surface area contributed by atoms with Crippen molar-refractivity contribution in [3.8, 4) is 0 Å². The highest BCUT2D eigenvalue weighted by Crippen LogP contribution is 2.25. The van der Waals surface area contributed by atoms with E-state index in [1.165, 1.54) is 0 Å². The molecule has 0 aliphatic carbocycles. The second-order valence-electron chi connectivity index (χ2n) is 6.90. The van der Waals surface area contributed by atoms with Gasteiger partial charge in [0.1, 0.15) is 0 Å². The molecule has 1 heterocycles. The molecule has 29 heavy (non-hydrogen) atoms. The highest BCUT2D eigenvalue weighted by atomic mass is 16.5. The molecule has 2 unspecified atom stereocenters. The van der Waals surface area contributed by atoms with Gasteiger partial charge in [-0.15, -0.1) is 0 Å². The van der Waals surface area contributed by atoms with E-state index in [1.807, 2.05) is 37.3 Å². The molecule has 1 aliphatic heterocycles. The monoisotopic (exact) mass is 395 g/mol. The molecule has 0 spiro atoms. The van der Waals surface area contributed by atoms with Gasteiger partial charge >= 0.3 is 12.0 Å². The fraction of sp³-hybridized carbons (Fsp3) is 0.318. The largest absolute Gasteiger partial charge is 0.462 e. The Morgan fingerprint density at radius 3 is 2.55 bits per heavy atom. The van der Waals surface area contributed by atoms with Gasteiger partial charge in [-0.2, -0.15) is 0 Å². The maximum Gasteiger partial charge on any atom is 0.340 e. The van der Waals surface area contributed by atoms with Crippen LogP contribution >= 0.6 is 0 Å². The lowest BCUT2D eigenvalue weighted by molar-refractivity contribution is -0.129. The molecule has 3 rings (SSSR count). The lowest BCUT2D eigenvalue weighted by Gasteiger charge is -2.25. The quantitative estimate of drug-likeness (QED) is 0.735. The molecule has 0 radical (unpaired) electrons. The third-order valence-corrected chi connectivity index (χ3v) is 4.91. The van der Waals surface area contributed by atoms with E-state index in [0.717, 1.165) is 5.56 Å². The molecule has 2 aromatic carbocycles. The Balaban J connectivity index is 1.61. The van der Waals surface area contributed by atoms with Gasteiger partial charge in [0, 0.05) is 13.0 Å². The number of hydrogen-bond acceptors (Lipinski definition) is 4. The van der Waals surface area contributed by atoms with Gasteiger partial charge in [0.15, 0.2) is 0 Å². The number of urea groups is 1. The summed E-state index contributed by atoms with van der Waals surface area (Å²) in [6.07, 6.45) is 0.240. The Bertz CT molecular complexity index is 885. The van der Waals surface area contributed by atoms with Crippen LogP contribution in [-0.2, 0) is 9.53 Å². The first-order valence-corrected chi connectivity index (χ1v) is 9.67. The summed E-state index contributed by atoms with van der Waals surface area (Å²) < 4.78 is 5.02. The number of amides is 3. The lowest BCUT2D eigenvalue weighted by Crippen LogP contribution is -2.40. The Morgan fingerprint density at radius 2 is 1.83 bits per heavy atom. The van der Waals surface area contributed by atoms with Crippen molar-refractivity contribution in [3.63, 3.8) is 0 Å². The summed E-state index contributed by atoms with van der Waals surface area (Å²) in [5, 5.41) is 5.51. The molecule has 1 aliphatic rings. The van der Waals surface area contributed by atoms with E-state index in [1.54, 1.807) is 36.1 Å². The summed E-state index contributed by atoms with van der Waals surface area (Å²) in [5.74, 6) is -0.499. The first kappa shape index (κ1) is 20.4. The van der Waals surface area contributed by atoms with E-state index in [2.05, 4.69) is 10.6 Å². The molecule has 3 amide bonds. The summed E-state index contributed by atoms with van der Waals surface area (Å²) in [7, 11) is 0. The first-order chi connectivity index (χ1) is 14.0. The van der Waals surface area contributed by atoms with Gasteiger partial charge in [0.2, 0.25) is 5.91 Å². The van der Waals surface area contributed by atoms with Crippen LogP contribution in [0, 0.1) is 0 Å².